The zero-order valence-electron chi connectivity index (χ0n) is 9.82. The minimum absolute atomic E-state index is 0. The summed E-state index contributed by atoms with van der Waals surface area (Å²) in [4.78, 5) is 4.36. The first-order valence-electron chi connectivity index (χ1n) is 5.24. The number of halogens is 1. The van der Waals surface area contributed by atoms with Gasteiger partial charge in [0.2, 0.25) is 0 Å². The van der Waals surface area contributed by atoms with Gasteiger partial charge < -0.3 is 14.6 Å². The predicted octanol–water partition coefficient (Wildman–Crippen LogP) is 1.45. The van der Waals surface area contributed by atoms with Crippen molar-refractivity contribution in [3.63, 3.8) is 0 Å². The second-order valence-electron chi connectivity index (χ2n) is 4.77. The molecule has 0 radical (unpaired) electrons. The number of ether oxygens (including phenoxy) is 1. The summed E-state index contributed by atoms with van der Waals surface area (Å²) in [5.74, 6) is 1.30. The maximum Gasteiger partial charge on any atom is 0.257 e. The van der Waals surface area contributed by atoms with Crippen LogP contribution in [0.3, 0.4) is 0 Å². The molecule has 2 rings (SSSR count). The lowest BCUT2D eigenvalue weighted by Gasteiger charge is -2.20. The van der Waals surface area contributed by atoms with Gasteiger partial charge in [-0.3, -0.25) is 0 Å². The van der Waals surface area contributed by atoms with E-state index >= 15 is 0 Å². The highest BCUT2D eigenvalue weighted by atomic mass is 35.5. The van der Waals surface area contributed by atoms with Crippen LogP contribution in [0.25, 0.3) is 0 Å². The highest BCUT2D eigenvalue weighted by molar-refractivity contribution is 5.85. The molecular formula is C10H18ClN3O2. The number of rotatable bonds is 1. The van der Waals surface area contributed by atoms with Crippen LogP contribution in [0.5, 0.6) is 0 Å². The Balaban J connectivity index is 0.00000128. The fourth-order valence-corrected chi connectivity index (χ4v) is 1.39. The van der Waals surface area contributed by atoms with Crippen molar-refractivity contribution in [1.82, 2.24) is 15.5 Å². The maximum absolute atomic E-state index is 5.53. The van der Waals surface area contributed by atoms with Gasteiger partial charge in [0.05, 0.1) is 6.61 Å². The van der Waals surface area contributed by atoms with E-state index in [1.54, 1.807) is 0 Å². The third kappa shape index (κ3) is 2.93. The third-order valence-electron chi connectivity index (χ3n) is 2.32. The SMILES string of the molecule is CC(C)(C)c1noc([C@@H]2CNCCO2)n1.Cl. The molecule has 0 spiro atoms. The zero-order chi connectivity index (χ0) is 10.9. The first-order valence-corrected chi connectivity index (χ1v) is 5.24. The lowest BCUT2D eigenvalue weighted by atomic mass is 9.96. The Hall–Kier alpha value is -0.650. The molecule has 1 N–H and O–H groups in total. The summed E-state index contributed by atoms with van der Waals surface area (Å²) in [6.45, 7) is 8.49. The molecule has 0 bridgehead atoms. The van der Waals surface area contributed by atoms with Gasteiger partial charge in [0, 0.05) is 18.5 Å². The standard InChI is InChI=1S/C10H17N3O2.ClH/c1-10(2,3)9-12-8(15-13-9)7-6-11-4-5-14-7;/h7,11H,4-6H2,1-3H3;1H/t7-;/m0./s1. The molecule has 0 amide bonds. The molecule has 1 saturated heterocycles. The second kappa shape index (κ2) is 5.12. The lowest BCUT2D eigenvalue weighted by molar-refractivity contribution is 0.00755. The largest absolute Gasteiger partial charge is 0.366 e. The van der Waals surface area contributed by atoms with Crippen LogP contribution in [0.2, 0.25) is 0 Å². The molecule has 1 aliphatic heterocycles. The number of hydrogen-bond acceptors (Lipinski definition) is 5. The van der Waals surface area contributed by atoms with Crippen LogP contribution < -0.4 is 5.32 Å². The minimum Gasteiger partial charge on any atom is -0.366 e. The summed E-state index contributed by atoms with van der Waals surface area (Å²) in [5, 5.41) is 7.20. The van der Waals surface area contributed by atoms with Gasteiger partial charge in [0.25, 0.3) is 5.89 Å². The second-order valence-corrected chi connectivity index (χ2v) is 4.77. The van der Waals surface area contributed by atoms with E-state index in [2.05, 4.69) is 36.2 Å². The average Bonchev–Trinajstić information content (AvgIpc) is 2.67. The monoisotopic (exact) mass is 247 g/mol. The van der Waals surface area contributed by atoms with E-state index in [4.69, 9.17) is 9.26 Å². The Bertz CT molecular complexity index is 329. The van der Waals surface area contributed by atoms with E-state index in [0.29, 0.717) is 12.5 Å². The molecular weight excluding hydrogens is 230 g/mol. The Kier molecular flexibility index (Phi) is 4.29. The first kappa shape index (κ1) is 13.4. The van der Waals surface area contributed by atoms with Crippen LogP contribution >= 0.6 is 12.4 Å². The van der Waals surface area contributed by atoms with Gasteiger partial charge in [0.1, 0.15) is 6.10 Å². The quantitative estimate of drug-likeness (QED) is 0.814. The predicted molar refractivity (Wildman–Crippen MR) is 61.8 cm³/mol. The van der Waals surface area contributed by atoms with Crippen LogP contribution in [0.1, 0.15) is 38.6 Å². The fourth-order valence-electron chi connectivity index (χ4n) is 1.39. The van der Waals surface area contributed by atoms with Crippen molar-refractivity contribution in [2.75, 3.05) is 19.7 Å². The zero-order valence-corrected chi connectivity index (χ0v) is 10.6. The summed E-state index contributed by atoms with van der Waals surface area (Å²) in [7, 11) is 0. The van der Waals surface area contributed by atoms with Gasteiger partial charge in [-0.2, -0.15) is 4.98 Å². The summed E-state index contributed by atoms with van der Waals surface area (Å²) in [6, 6.07) is 0. The van der Waals surface area contributed by atoms with Crippen LogP contribution in [-0.2, 0) is 10.2 Å². The van der Waals surface area contributed by atoms with E-state index in [-0.39, 0.29) is 23.9 Å². The van der Waals surface area contributed by atoms with Gasteiger partial charge in [-0.05, 0) is 0 Å². The van der Waals surface area contributed by atoms with Gasteiger partial charge >= 0.3 is 0 Å². The van der Waals surface area contributed by atoms with Gasteiger partial charge in [-0.1, -0.05) is 25.9 Å². The Morgan fingerprint density at radius 1 is 1.38 bits per heavy atom. The van der Waals surface area contributed by atoms with Crippen LogP contribution in [0, 0.1) is 0 Å². The normalized spacial score (nSPS) is 21.6. The van der Waals surface area contributed by atoms with Crippen molar-refractivity contribution in [2.45, 2.75) is 32.3 Å². The van der Waals surface area contributed by atoms with E-state index in [9.17, 15) is 0 Å². The molecule has 0 saturated carbocycles. The molecule has 92 valence electrons. The van der Waals surface area contributed by atoms with Crippen LogP contribution in [-0.4, -0.2) is 29.8 Å². The number of nitrogens with one attached hydrogen (secondary N) is 1. The van der Waals surface area contributed by atoms with Gasteiger partial charge in [-0.25, -0.2) is 0 Å². The molecule has 0 unspecified atom stereocenters. The average molecular weight is 248 g/mol. The summed E-state index contributed by atoms with van der Waals surface area (Å²) >= 11 is 0. The number of aromatic nitrogens is 2. The van der Waals surface area contributed by atoms with Crippen molar-refractivity contribution in [1.29, 1.82) is 0 Å². The molecule has 5 nitrogen and oxygen atoms in total. The molecule has 1 aromatic rings. The molecule has 1 aliphatic rings. The van der Waals surface area contributed by atoms with Crippen molar-refractivity contribution in [2.24, 2.45) is 0 Å². The number of nitrogens with zero attached hydrogens (tertiary/aromatic N) is 2. The van der Waals surface area contributed by atoms with Crippen molar-refractivity contribution in [3.05, 3.63) is 11.7 Å². The van der Waals surface area contributed by atoms with Crippen molar-refractivity contribution < 1.29 is 9.26 Å². The maximum atomic E-state index is 5.53. The van der Waals surface area contributed by atoms with Gasteiger partial charge in [-0.15, -0.1) is 12.4 Å². The first-order chi connectivity index (χ1) is 7.07. The topological polar surface area (TPSA) is 60.2 Å². The van der Waals surface area contributed by atoms with Crippen molar-refractivity contribution >= 4 is 12.4 Å². The van der Waals surface area contributed by atoms with Gasteiger partial charge in [0.15, 0.2) is 5.82 Å². The van der Waals surface area contributed by atoms with E-state index < -0.39 is 0 Å². The summed E-state index contributed by atoms with van der Waals surface area (Å²) < 4.78 is 10.7. The molecule has 16 heavy (non-hydrogen) atoms. The van der Waals surface area contributed by atoms with E-state index in [1.807, 2.05) is 0 Å². The lowest BCUT2D eigenvalue weighted by Crippen LogP contribution is -2.33. The molecule has 0 aromatic carbocycles. The van der Waals surface area contributed by atoms with E-state index in [0.717, 1.165) is 18.9 Å². The Labute approximate surface area is 101 Å². The smallest absolute Gasteiger partial charge is 0.257 e. The Morgan fingerprint density at radius 2 is 2.12 bits per heavy atom. The fraction of sp³-hybridized carbons (Fsp3) is 0.800. The summed E-state index contributed by atoms with van der Waals surface area (Å²) in [5.41, 5.74) is -0.0795. The number of hydrogen-bond donors (Lipinski definition) is 1. The van der Waals surface area contributed by atoms with Crippen molar-refractivity contribution in [3.8, 4) is 0 Å². The molecule has 6 heteroatoms. The van der Waals surface area contributed by atoms with E-state index in [1.165, 1.54) is 0 Å². The molecule has 2 heterocycles. The molecule has 0 aliphatic carbocycles. The molecule has 1 atom stereocenters. The molecule has 1 fully saturated rings. The Morgan fingerprint density at radius 3 is 2.62 bits per heavy atom. The van der Waals surface area contributed by atoms with Crippen LogP contribution in [0.4, 0.5) is 0 Å². The molecule has 1 aromatic heterocycles. The number of morpholine rings is 1. The third-order valence-corrected chi connectivity index (χ3v) is 2.32. The van der Waals surface area contributed by atoms with Crippen LogP contribution in [0.15, 0.2) is 4.52 Å². The minimum atomic E-state index is -0.0950. The highest BCUT2D eigenvalue weighted by Crippen LogP contribution is 2.22. The highest BCUT2D eigenvalue weighted by Gasteiger charge is 2.26. The summed E-state index contributed by atoms with van der Waals surface area (Å²) in [6.07, 6.45) is -0.0950.